The molecule has 0 aromatic heterocycles. The molecule has 2 aliphatic heterocycles. The number of fused-ring (bicyclic) bond motifs is 1. The van der Waals surface area contributed by atoms with Gasteiger partial charge >= 0.3 is 0 Å². The number of nitrogens with zero attached hydrogens (tertiary/aromatic N) is 3. The first kappa shape index (κ1) is 31.2. The number of likely N-dealkylation sites (N-methyl/N-ethyl adjacent to an activating group) is 1. The molecule has 3 amide bonds. The molecule has 1 N–H and O–H groups in total. The minimum Gasteiger partial charge on any atom is -0.375 e. The fourth-order valence-electron chi connectivity index (χ4n) is 5.60. The number of halogens is 2. The predicted molar refractivity (Wildman–Crippen MR) is 180 cm³/mol. The van der Waals surface area contributed by atoms with Crippen molar-refractivity contribution in [3.05, 3.63) is 151 Å². The van der Waals surface area contributed by atoms with Gasteiger partial charge < -0.3 is 15.1 Å². The van der Waals surface area contributed by atoms with E-state index in [4.69, 9.17) is 0 Å². The van der Waals surface area contributed by atoms with Crippen molar-refractivity contribution in [2.75, 3.05) is 30.4 Å². The van der Waals surface area contributed by atoms with E-state index >= 15 is 8.78 Å². The lowest BCUT2D eigenvalue weighted by Crippen LogP contribution is -2.33. The van der Waals surface area contributed by atoms with E-state index in [0.29, 0.717) is 17.8 Å². The Hall–Kier alpha value is -5.83. The standard InChI is InChI=1S/C38H32F2N4O3/c1-42-21-9-22-43(25-24-42)35(45)26-33-32-14-7-8-15-34(32)44(23-20-38(33,39)40)37(47)28-16-18-29(19-17-28)41-36(46)31-13-6-5-12-30(31)27-10-3-2-4-11-27/h2-19,22,24-26H,20-21,23H2,1H3,(H,41,46)/b33-26+. The summed E-state index contributed by atoms with van der Waals surface area (Å²) in [6, 6.07) is 29.6. The molecular formula is C38H32F2N4O3. The second-order valence-electron chi connectivity index (χ2n) is 11.3. The largest absolute Gasteiger partial charge is 0.375 e. The number of hydrogen-bond donors (Lipinski definition) is 1. The van der Waals surface area contributed by atoms with Crippen LogP contribution in [0.5, 0.6) is 0 Å². The third kappa shape index (κ3) is 6.74. The number of alkyl halides is 2. The minimum atomic E-state index is -3.37. The maximum atomic E-state index is 15.7. The van der Waals surface area contributed by atoms with E-state index in [1.165, 1.54) is 22.1 Å². The molecule has 2 aliphatic rings. The fourth-order valence-corrected chi connectivity index (χ4v) is 5.60. The topological polar surface area (TPSA) is 73.0 Å². The van der Waals surface area contributed by atoms with Crippen LogP contribution in [0.15, 0.2) is 134 Å². The molecule has 0 bridgehead atoms. The molecule has 0 spiro atoms. The number of nitrogens with one attached hydrogen (secondary N) is 1. The molecule has 7 nitrogen and oxygen atoms in total. The summed E-state index contributed by atoms with van der Waals surface area (Å²) in [6.07, 6.45) is 6.81. The van der Waals surface area contributed by atoms with Gasteiger partial charge in [-0.1, -0.05) is 66.7 Å². The maximum Gasteiger partial charge on any atom is 0.275 e. The van der Waals surface area contributed by atoms with Crippen LogP contribution >= 0.6 is 0 Å². The molecule has 0 radical (unpaired) electrons. The van der Waals surface area contributed by atoms with Crippen molar-refractivity contribution in [3.63, 3.8) is 0 Å². The van der Waals surface area contributed by atoms with Gasteiger partial charge in [0.25, 0.3) is 23.6 Å². The molecule has 0 unspecified atom stereocenters. The quantitative estimate of drug-likeness (QED) is 0.233. The number of para-hydroxylation sites is 1. The van der Waals surface area contributed by atoms with E-state index in [2.05, 4.69) is 5.32 Å². The van der Waals surface area contributed by atoms with Crippen LogP contribution < -0.4 is 10.2 Å². The van der Waals surface area contributed by atoms with Gasteiger partial charge in [0.05, 0.1) is 5.69 Å². The van der Waals surface area contributed by atoms with Crippen molar-refractivity contribution in [3.8, 4) is 11.1 Å². The normalized spacial score (nSPS) is 16.3. The van der Waals surface area contributed by atoms with Crippen molar-refractivity contribution < 1.29 is 23.2 Å². The van der Waals surface area contributed by atoms with Crippen LogP contribution in [-0.2, 0) is 4.79 Å². The molecule has 6 rings (SSSR count). The van der Waals surface area contributed by atoms with E-state index < -0.39 is 29.7 Å². The summed E-state index contributed by atoms with van der Waals surface area (Å²) in [5.74, 6) is -4.78. The lowest BCUT2D eigenvalue weighted by molar-refractivity contribution is -0.121. The zero-order chi connectivity index (χ0) is 33.0. The molecule has 0 saturated carbocycles. The third-order valence-corrected chi connectivity index (χ3v) is 8.08. The maximum absolute atomic E-state index is 15.7. The van der Waals surface area contributed by atoms with E-state index in [1.807, 2.05) is 54.4 Å². The first-order chi connectivity index (χ1) is 22.7. The van der Waals surface area contributed by atoms with Crippen LogP contribution in [0.25, 0.3) is 16.7 Å². The summed E-state index contributed by atoms with van der Waals surface area (Å²) >= 11 is 0. The highest BCUT2D eigenvalue weighted by atomic mass is 19.3. The molecule has 0 fully saturated rings. The first-order valence-electron chi connectivity index (χ1n) is 15.2. The molecule has 4 aromatic rings. The van der Waals surface area contributed by atoms with Crippen LogP contribution in [0.2, 0.25) is 0 Å². The molecule has 4 aromatic carbocycles. The molecule has 9 heteroatoms. The zero-order valence-corrected chi connectivity index (χ0v) is 25.6. The van der Waals surface area contributed by atoms with Gasteiger partial charge in [0.1, 0.15) is 0 Å². The van der Waals surface area contributed by atoms with Gasteiger partial charge in [-0.25, -0.2) is 8.78 Å². The van der Waals surface area contributed by atoms with Gasteiger partial charge in [-0.05, 0) is 53.6 Å². The molecule has 0 aliphatic carbocycles. The number of carbonyl (C=O) groups is 3. The summed E-state index contributed by atoms with van der Waals surface area (Å²) in [4.78, 5) is 44.6. The zero-order valence-electron chi connectivity index (χ0n) is 25.6. The number of rotatable bonds is 5. The summed E-state index contributed by atoms with van der Waals surface area (Å²) in [7, 11) is 1.84. The summed E-state index contributed by atoms with van der Waals surface area (Å²) < 4.78 is 31.4. The number of hydrogen-bond acceptors (Lipinski definition) is 4. The lowest BCUT2D eigenvalue weighted by Gasteiger charge is -2.23. The van der Waals surface area contributed by atoms with Gasteiger partial charge in [0.15, 0.2) is 0 Å². The second-order valence-corrected chi connectivity index (χ2v) is 11.3. The van der Waals surface area contributed by atoms with Crippen LogP contribution in [0.3, 0.4) is 0 Å². The molecular weight excluding hydrogens is 598 g/mol. The highest BCUT2D eigenvalue weighted by Gasteiger charge is 2.41. The summed E-state index contributed by atoms with van der Waals surface area (Å²) in [5, 5.41) is 2.89. The first-order valence-corrected chi connectivity index (χ1v) is 15.2. The van der Waals surface area contributed by atoms with Crippen molar-refractivity contribution in [2.45, 2.75) is 12.3 Å². The lowest BCUT2D eigenvalue weighted by atomic mass is 9.97. The smallest absolute Gasteiger partial charge is 0.275 e. The average molecular weight is 631 g/mol. The Bertz CT molecular complexity index is 1900. The minimum absolute atomic E-state index is 0.109. The number of carbonyl (C=O) groups excluding carboxylic acids is 3. The number of benzene rings is 4. The van der Waals surface area contributed by atoms with Gasteiger partial charge in [0, 0.05) is 79.2 Å². The number of amides is 3. The van der Waals surface area contributed by atoms with Crippen molar-refractivity contribution >= 4 is 34.7 Å². The molecule has 47 heavy (non-hydrogen) atoms. The highest BCUT2D eigenvalue weighted by molar-refractivity contribution is 6.11. The van der Waals surface area contributed by atoms with E-state index in [9.17, 15) is 14.4 Å². The Labute approximate surface area is 271 Å². The summed E-state index contributed by atoms with van der Waals surface area (Å²) in [5.41, 5.74) is 2.88. The van der Waals surface area contributed by atoms with E-state index in [-0.39, 0.29) is 29.3 Å². The van der Waals surface area contributed by atoms with Gasteiger partial charge in [-0.15, -0.1) is 0 Å². The molecule has 236 valence electrons. The van der Waals surface area contributed by atoms with Crippen molar-refractivity contribution in [1.29, 1.82) is 0 Å². The highest BCUT2D eigenvalue weighted by Crippen LogP contribution is 2.43. The van der Waals surface area contributed by atoms with Crippen LogP contribution in [0.1, 0.15) is 32.7 Å². The average Bonchev–Trinajstić information content (AvgIpc) is 3.37. The molecule has 0 saturated heterocycles. The Morgan fingerprint density at radius 3 is 2.23 bits per heavy atom. The third-order valence-electron chi connectivity index (χ3n) is 8.08. The van der Waals surface area contributed by atoms with Gasteiger partial charge in [0.2, 0.25) is 0 Å². The van der Waals surface area contributed by atoms with Crippen molar-refractivity contribution in [1.82, 2.24) is 9.80 Å². The SMILES string of the molecule is CN1C=CN(C(=O)/C=C2\c3ccccc3N(C(=O)c3ccc(NC(=O)c4ccccc4-c4ccccc4)cc3)CCC2(F)F)C=CC1. The number of anilines is 2. The number of allylic oxidation sites excluding steroid dienone is 1. The second kappa shape index (κ2) is 13.3. The van der Waals surface area contributed by atoms with Crippen LogP contribution in [0, 0.1) is 0 Å². The van der Waals surface area contributed by atoms with Crippen molar-refractivity contribution in [2.24, 2.45) is 0 Å². The van der Waals surface area contributed by atoms with Gasteiger partial charge in [-0.3, -0.25) is 19.3 Å². The van der Waals surface area contributed by atoms with E-state index in [1.54, 1.807) is 73.1 Å². The Kier molecular flexibility index (Phi) is 8.79. The van der Waals surface area contributed by atoms with Crippen LogP contribution in [0.4, 0.5) is 20.2 Å². The molecule has 0 atom stereocenters. The monoisotopic (exact) mass is 630 g/mol. The Morgan fingerprint density at radius 2 is 1.47 bits per heavy atom. The predicted octanol–water partition coefficient (Wildman–Crippen LogP) is 7.43. The van der Waals surface area contributed by atoms with Gasteiger partial charge in [-0.2, -0.15) is 0 Å². The summed E-state index contributed by atoms with van der Waals surface area (Å²) in [6.45, 7) is 0.305. The Morgan fingerprint density at radius 1 is 0.787 bits per heavy atom. The fraction of sp³-hybridized carbons (Fsp3) is 0.132. The van der Waals surface area contributed by atoms with E-state index in [0.717, 1.165) is 17.2 Å². The van der Waals surface area contributed by atoms with Crippen LogP contribution in [-0.4, -0.2) is 53.6 Å². The molecule has 2 heterocycles. The Balaban J connectivity index is 1.24.